The van der Waals surface area contributed by atoms with Gasteiger partial charge in [-0.25, -0.2) is 4.98 Å². The first-order valence-electron chi connectivity index (χ1n) is 10.3. The van der Waals surface area contributed by atoms with E-state index < -0.39 is 0 Å². The average Bonchev–Trinajstić information content (AvgIpc) is 3.15. The van der Waals surface area contributed by atoms with E-state index in [2.05, 4.69) is 20.5 Å². The standard InChI is InChI=1S/C23H24N6O3S/c1-14-5-10-19-24-15(2)18(22(31)29(19)12-14)11-20-26-27-23(28(20)3)33-13-21(30)25-16-6-8-17(32-4)9-7-16/h5-10,12H,11,13H2,1-4H3,(H,25,30). The SMILES string of the molecule is COc1ccc(NC(=O)CSc2nnc(Cc3c(C)nc4ccc(C)cn4c3=O)n2C)cc1. The Labute approximate surface area is 194 Å². The largest absolute Gasteiger partial charge is 0.497 e. The first-order chi connectivity index (χ1) is 15.9. The van der Waals surface area contributed by atoms with Crippen LogP contribution in [0.25, 0.3) is 5.65 Å². The molecule has 170 valence electrons. The molecule has 0 fully saturated rings. The van der Waals surface area contributed by atoms with Crippen molar-refractivity contribution in [1.29, 1.82) is 0 Å². The molecule has 0 radical (unpaired) electrons. The minimum atomic E-state index is -0.155. The molecule has 4 rings (SSSR count). The third-order valence-electron chi connectivity index (χ3n) is 5.24. The Bertz CT molecular complexity index is 1380. The smallest absolute Gasteiger partial charge is 0.261 e. The molecule has 0 aliphatic heterocycles. The van der Waals surface area contributed by atoms with E-state index in [1.807, 2.05) is 33.0 Å². The lowest BCUT2D eigenvalue weighted by molar-refractivity contribution is -0.113. The maximum absolute atomic E-state index is 13.1. The van der Waals surface area contributed by atoms with Gasteiger partial charge in [-0.1, -0.05) is 17.8 Å². The van der Waals surface area contributed by atoms with E-state index >= 15 is 0 Å². The Kier molecular flexibility index (Phi) is 6.45. The number of fused-ring (bicyclic) bond motifs is 1. The van der Waals surface area contributed by atoms with Gasteiger partial charge in [0.2, 0.25) is 5.91 Å². The van der Waals surface area contributed by atoms with Crippen molar-refractivity contribution < 1.29 is 9.53 Å². The van der Waals surface area contributed by atoms with Gasteiger partial charge < -0.3 is 14.6 Å². The molecule has 10 heteroatoms. The molecule has 0 atom stereocenters. The first-order valence-corrected chi connectivity index (χ1v) is 11.3. The van der Waals surface area contributed by atoms with Crippen LogP contribution in [0.4, 0.5) is 5.69 Å². The molecule has 0 saturated carbocycles. The summed E-state index contributed by atoms with van der Waals surface area (Å²) in [7, 11) is 3.42. The number of carbonyl (C=O) groups is 1. The summed E-state index contributed by atoms with van der Waals surface area (Å²) in [4.78, 5) is 29.9. The number of ether oxygens (including phenoxy) is 1. The van der Waals surface area contributed by atoms with Crippen molar-refractivity contribution in [2.45, 2.75) is 25.4 Å². The number of rotatable bonds is 7. The Morgan fingerprint density at radius 2 is 1.88 bits per heavy atom. The van der Waals surface area contributed by atoms with E-state index in [4.69, 9.17) is 4.74 Å². The van der Waals surface area contributed by atoms with E-state index in [0.717, 1.165) is 11.3 Å². The van der Waals surface area contributed by atoms with Gasteiger partial charge in [0.1, 0.15) is 17.2 Å². The molecule has 0 spiro atoms. The molecule has 1 aromatic carbocycles. The average molecular weight is 465 g/mol. The molecule has 1 amide bonds. The maximum atomic E-state index is 13.1. The van der Waals surface area contributed by atoms with Gasteiger partial charge in [-0.05, 0) is 49.7 Å². The number of aryl methyl sites for hydroxylation is 2. The van der Waals surface area contributed by atoms with Gasteiger partial charge in [0.25, 0.3) is 5.56 Å². The van der Waals surface area contributed by atoms with Gasteiger partial charge in [-0.15, -0.1) is 10.2 Å². The zero-order valence-electron chi connectivity index (χ0n) is 18.8. The number of carbonyl (C=O) groups excluding carboxylic acids is 1. The number of nitrogens with zero attached hydrogens (tertiary/aromatic N) is 5. The summed E-state index contributed by atoms with van der Waals surface area (Å²) in [5, 5.41) is 11.9. The molecule has 0 unspecified atom stereocenters. The van der Waals surface area contributed by atoms with E-state index in [1.165, 1.54) is 11.8 Å². The van der Waals surface area contributed by atoms with Crippen LogP contribution in [0.3, 0.4) is 0 Å². The van der Waals surface area contributed by atoms with Gasteiger partial charge in [-0.2, -0.15) is 0 Å². The Balaban J connectivity index is 1.46. The highest BCUT2D eigenvalue weighted by Crippen LogP contribution is 2.19. The number of thioether (sulfide) groups is 1. The second-order valence-corrected chi connectivity index (χ2v) is 8.56. The summed E-state index contributed by atoms with van der Waals surface area (Å²) in [6.07, 6.45) is 2.09. The number of benzene rings is 1. The van der Waals surface area contributed by atoms with Crippen LogP contribution >= 0.6 is 11.8 Å². The highest BCUT2D eigenvalue weighted by atomic mass is 32.2. The normalized spacial score (nSPS) is 11.0. The third kappa shape index (κ3) is 4.90. The van der Waals surface area contributed by atoms with Crippen molar-refractivity contribution in [2.75, 3.05) is 18.2 Å². The monoisotopic (exact) mass is 464 g/mol. The summed E-state index contributed by atoms with van der Waals surface area (Å²) in [5.41, 5.74) is 3.41. The lowest BCUT2D eigenvalue weighted by Crippen LogP contribution is -2.22. The second-order valence-electron chi connectivity index (χ2n) is 7.62. The van der Waals surface area contributed by atoms with Gasteiger partial charge in [-0.3, -0.25) is 14.0 Å². The van der Waals surface area contributed by atoms with Gasteiger partial charge >= 0.3 is 0 Å². The van der Waals surface area contributed by atoms with Crippen LogP contribution in [0.1, 0.15) is 22.6 Å². The molecule has 0 bridgehead atoms. The van der Waals surface area contributed by atoms with Gasteiger partial charge in [0.05, 0.1) is 12.9 Å². The predicted octanol–water partition coefficient (Wildman–Crippen LogP) is 2.77. The van der Waals surface area contributed by atoms with E-state index in [9.17, 15) is 9.59 Å². The zero-order chi connectivity index (χ0) is 23.5. The topological polar surface area (TPSA) is 103 Å². The van der Waals surface area contributed by atoms with Crippen molar-refractivity contribution in [3.63, 3.8) is 0 Å². The molecule has 0 aliphatic carbocycles. The number of hydrogen-bond acceptors (Lipinski definition) is 7. The van der Waals surface area contributed by atoms with E-state index in [-0.39, 0.29) is 17.2 Å². The Morgan fingerprint density at radius 3 is 2.61 bits per heavy atom. The summed E-state index contributed by atoms with van der Waals surface area (Å²) in [5.74, 6) is 1.37. The minimum absolute atomic E-state index is 0.114. The van der Waals surface area contributed by atoms with E-state index in [0.29, 0.717) is 40.0 Å². The number of anilines is 1. The van der Waals surface area contributed by atoms with Crippen LogP contribution in [-0.2, 0) is 18.3 Å². The third-order valence-corrected chi connectivity index (χ3v) is 6.26. The molecule has 4 aromatic rings. The number of methoxy groups -OCH3 is 1. The molecule has 33 heavy (non-hydrogen) atoms. The summed E-state index contributed by atoms with van der Waals surface area (Å²) in [6, 6.07) is 10.9. The molecule has 0 saturated heterocycles. The van der Waals surface area contributed by atoms with Crippen molar-refractivity contribution in [3.8, 4) is 5.75 Å². The fraction of sp³-hybridized carbons (Fsp3) is 0.261. The number of hydrogen-bond donors (Lipinski definition) is 1. The molecule has 3 heterocycles. The van der Waals surface area contributed by atoms with Crippen molar-refractivity contribution in [3.05, 3.63) is 75.6 Å². The van der Waals surface area contributed by atoms with Crippen LogP contribution in [0.15, 0.2) is 52.5 Å². The number of aromatic nitrogens is 5. The molecule has 9 nitrogen and oxygen atoms in total. The fourth-order valence-corrected chi connectivity index (χ4v) is 4.11. The van der Waals surface area contributed by atoms with Gasteiger partial charge in [0.15, 0.2) is 5.16 Å². The van der Waals surface area contributed by atoms with Crippen LogP contribution in [0, 0.1) is 13.8 Å². The number of amides is 1. The molecular weight excluding hydrogens is 440 g/mol. The van der Waals surface area contributed by atoms with Gasteiger partial charge in [0, 0.05) is 36.6 Å². The van der Waals surface area contributed by atoms with Crippen LogP contribution in [0.2, 0.25) is 0 Å². The summed E-state index contributed by atoms with van der Waals surface area (Å²) >= 11 is 1.28. The highest BCUT2D eigenvalue weighted by molar-refractivity contribution is 7.99. The predicted molar refractivity (Wildman–Crippen MR) is 127 cm³/mol. The number of nitrogens with one attached hydrogen (secondary N) is 1. The Hall–Kier alpha value is -3.66. The van der Waals surface area contributed by atoms with Crippen LogP contribution < -0.4 is 15.6 Å². The lowest BCUT2D eigenvalue weighted by Gasteiger charge is -2.09. The first kappa shape index (κ1) is 22.5. The number of pyridine rings is 1. The van der Waals surface area contributed by atoms with Crippen molar-refractivity contribution >= 4 is 29.0 Å². The van der Waals surface area contributed by atoms with Crippen molar-refractivity contribution in [2.24, 2.45) is 7.05 Å². The lowest BCUT2D eigenvalue weighted by atomic mass is 10.1. The fourth-order valence-electron chi connectivity index (χ4n) is 3.38. The molecular formula is C23H24N6O3S. The van der Waals surface area contributed by atoms with Crippen LogP contribution in [-0.4, -0.2) is 42.9 Å². The van der Waals surface area contributed by atoms with E-state index in [1.54, 1.807) is 46.5 Å². The zero-order valence-corrected chi connectivity index (χ0v) is 19.6. The minimum Gasteiger partial charge on any atom is -0.497 e. The van der Waals surface area contributed by atoms with Crippen LogP contribution in [0.5, 0.6) is 5.75 Å². The Morgan fingerprint density at radius 1 is 1.12 bits per heavy atom. The molecule has 1 N–H and O–H groups in total. The quantitative estimate of drug-likeness (QED) is 0.420. The maximum Gasteiger partial charge on any atom is 0.261 e. The summed E-state index contributed by atoms with van der Waals surface area (Å²) < 4.78 is 8.48. The highest BCUT2D eigenvalue weighted by Gasteiger charge is 2.16. The second kappa shape index (κ2) is 9.45. The van der Waals surface area contributed by atoms with Crippen molar-refractivity contribution in [1.82, 2.24) is 24.1 Å². The molecule has 3 aromatic heterocycles. The molecule has 0 aliphatic rings. The summed E-state index contributed by atoms with van der Waals surface area (Å²) in [6.45, 7) is 3.76.